The molecule has 118 valence electrons. The third kappa shape index (κ3) is 4.52. The lowest BCUT2D eigenvalue weighted by molar-refractivity contribution is -0.139. The number of alkyl halides is 3. The second kappa shape index (κ2) is 6.20. The maximum Gasteiger partial charge on any atom is 0.534 e. The molecule has 1 aromatic rings. The SMILES string of the molecule is COC(=O)Cc1cc(OC)cc(OS(=O)(=O)C(F)(F)F)c1. The number of carbonyl (C=O) groups excluding carboxylic acids is 1. The number of methoxy groups -OCH3 is 2. The van der Waals surface area contributed by atoms with Crippen LogP contribution >= 0.6 is 0 Å². The number of carbonyl (C=O) groups is 1. The van der Waals surface area contributed by atoms with Crippen LogP contribution in [-0.4, -0.2) is 34.1 Å². The van der Waals surface area contributed by atoms with Crippen molar-refractivity contribution in [2.45, 2.75) is 11.9 Å². The van der Waals surface area contributed by atoms with Crippen LogP contribution in [0, 0.1) is 0 Å². The first-order valence-corrected chi connectivity index (χ1v) is 6.75. The molecule has 0 bridgehead atoms. The Morgan fingerprint density at radius 1 is 1.14 bits per heavy atom. The van der Waals surface area contributed by atoms with Gasteiger partial charge < -0.3 is 13.7 Å². The molecular formula is C11H11F3O6S. The molecule has 0 aliphatic rings. The second-order valence-electron chi connectivity index (χ2n) is 3.75. The highest BCUT2D eigenvalue weighted by Crippen LogP contribution is 2.30. The summed E-state index contributed by atoms with van der Waals surface area (Å²) in [6.07, 6.45) is -0.282. The summed E-state index contributed by atoms with van der Waals surface area (Å²) in [5, 5.41) is 0. The molecule has 0 N–H and O–H groups in total. The van der Waals surface area contributed by atoms with Crippen LogP contribution in [0.4, 0.5) is 13.2 Å². The summed E-state index contributed by atoms with van der Waals surface area (Å²) in [5.74, 6) is -1.25. The van der Waals surface area contributed by atoms with E-state index in [9.17, 15) is 26.4 Å². The van der Waals surface area contributed by atoms with E-state index in [1.54, 1.807) is 0 Å². The summed E-state index contributed by atoms with van der Waals surface area (Å²) in [7, 11) is -3.44. The van der Waals surface area contributed by atoms with Gasteiger partial charge in [-0.05, 0) is 17.7 Å². The van der Waals surface area contributed by atoms with Crippen molar-refractivity contribution >= 4 is 16.1 Å². The molecule has 21 heavy (non-hydrogen) atoms. The molecule has 0 aliphatic carbocycles. The molecule has 0 aromatic heterocycles. The van der Waals surface area contributed by atoms with E-state index in [0.717, 1.165) is 19.2 Å². The van der Waals surface area contributed by atoms with Gasteiger partial charge in [0.05, 0.1) is 20.6 Å². The van der Waals surface area contributed by atoms with Crippen LogP contribution in [0.3, 0.4) is 0 Å². The van der Waals surface area contributed by atoms with Crippen molar-refractivity contribution in [2.24, 2.45) is 0 Å². The predicted molar refractivity (Wildman–Crippen MR) is 64.3 cm³/mol. The Hall–Kier alpha value is -1.97. The molecule has 1 rings (SSSR count). The molecular weight excluding hydrogens is 317 g/mol. The van der Waals surface area contributed by atoms with Gasteiger partial charge in [0, 0.05) is 6.07 Å². The maximum absolute atomic E-state index is 12.2. The normalized spacial score (nSPS) is 11.9. The van der Waals surface area contributed by atoms with E-state index < -0.39 is 27.3 Å². The van der Waals surface area contributed by atoms with Crippen LogP contribution in [-0.2, 0) is 26.1 Å². The summed E-state index contributed by atoms with van der Waals surface area (Å²) in [6.45, 7) is 0. The number of hydrogen-bond donors (Lipinski definition) is 0. The largest absolute Gasteiger partial charge is 0.534 e. The van der Waals surface area contributed by atoms with E-state index in [1.165, 1.54) is 13.2 Å². The minimum Gasteiger partial charge on any atom is -0.497 e. The fourth-order valence-corrected chi connectivity index (χ4v) is 1.76. The van der Waals surface area contributed by atoms with Gasteiger partial charge in [0.2, 0.25) is 0 Å². The molecule has 1 aromatic carbocycles. The van der Waals surface area contributed by atoms with Crippen molar-refractivity contribution in [1.82, 2.24) is 0 Å². The van der Waals surface area contributed by atoms with E-state index in [0.29, 0.717) is 0 Å². The molecule has 0 saturated heterocycles. The Labute approximate surface area is 118 Å². The predicted octanol–water partition coefficient (Wildman–Crippen LogP) is 1.64. The second-order valence-corrected chi connectivity index (χ2v) is 5.29. The van der Waals surface area contributed by atoms with Crippen molar-refractivity contribution in [3.8, 4) is 11.5 Å². The van der Waals surface area contributed by atoms with Gasteiger partial charge in [-0.15, -0.1) is 0 Å². The Balaban J connectivity index is 3.13. The average molecular weight is 328 g/mol. The van der Waals surface area contributed by atoms with Gasteiger partial charge in [0.25, 0.3) is 0 Å². The Kier molecular flexibility index (Phi) is 5.05. The van der Waals surface area contributed by atoms with E-state index in [-0.39, 0.29) is 17.7 Å². The van der Waals surface area contributed by atoms with Crippen LogP contribution in [0.25, 0.3) is 0 Å². The monoisotopic (exact) mass is 328 g/mol. The average Bonchev–Trinajstić information content (AvgIpc) is 2.36. The molecule has 0 amide bonds. The van der Waals surface area contributed by atoms with Gasteiger partial charge in [-0.1, -0.05) is 0 Å². The highest BCUT2D eigenvalue weighted by Gasteiger charge is 2.48. The van der Waals surface area contributed by atoms with Gasteiger partial charge in [0.1, 0.15) is 11.5 Å². The van der Waals surface area contributed by atoms with E-state index in [4.69, 9.17) is 4.74 Å². The Morgan fingerprint density at radius 3 is 2.19 bits per heavy atom. The van der Waals surface area contributed by atoms with Gasteiger partial charge in [-0.3, -0.25) is 4.79 Å². The molecule has 0 aliphatic heterocycles. The van der Waals surface area contributed by atoms with Crippen molar-refractivity contribution in [1.29, 1.82) is 0 Å². The topological polar surface area (TPSA) is 78.9 Å². The lowest BCUT2D eigenvalue weighted by atomic mass is 10.1. The maximum atomic E-state index is 12.2. The van der Waals surface area contributed by atoms with Crippen molar-refractivity contribution in [3.05, 3.63) is 23.8 Å². The van der Waals surface area contributed by atoms with E-state index >= 15 is 0 Å². The molecule has 0 heterocycles. The van der Waals surface area contributed by atoms with Gasteiger partial charge in [-0.2, -0.15) is 21.6 Å². The summed E-state index contributed by atoms with van der Waals surface area (Å²) < 4.78 is 71.8. The third-order valence-corrected chi connectivity index (χ3v) is 3.22. The van der Waals surface area contributed by atoms with Crippen LogP contribution in [0.15, 0.2) is 18.2 Å². The lowest BCUT2D eigenvalue weighted by Crippen LogP contribution is -2.28. The first-order chi connectivity index (χ1) is 9.59. The zero-order valence-corrected chi connectivity index (χ0v) is 11.7. The highest BCUT2D eigenvalue weighted by atomic mass is 32.2. The first kappa shape index (κ1) is 17.1. The minimum atomic E-state index is -5.80. The number of ether oxygens (including phenoxy) is 2. The third-order valence-electron chi connectivity index (χ3n) is 2.24. The number of hydrogen-bond acceptors (Lipinski definition) is 6. The number of esters is 1. The fourth-order valence-electron chi connectivity index (χ4n) is 1.31. The van der Waals surface area contributed by atoms with Gasteiger partial charge in [0.15, 0.2) is 0 Å². The number of halogens is 3. The smallest absolute Gasteiger partial charge is 0.497 e. The fraction of sp³-hybridized carbons (Fsp3) is 0.364. The summed E-state index contributed by atoms with van der Waals surface area (Å²) in [6, 6.07) is 3.26. The van der Waals surface area contributed by atoms with E-state index in [1.807, 2.05) is 0 Å². The molecule has 0 saturated carbocycles. The zero-order chi connectivity index (χ0) is 16.3. The summed E-state index contributed by atoms with van der Waals surface area (Å²) in [5.41, 5.74) is -5.38. The van der Waals surface area contributed by atoms with Crippen molar-refractivity contribution in [2.75, 3.05) is 14.2 Å². The van der Waals surface area contributed by atoms with Gasteiger partial charge >= 0.3 is 21.6 Å². The lowest BCUT2D eigenvalue weighted by Gasteiger charge is -2.12. The van der Waals surface area contributed by atoms with E-state index in [2.05, 4.69) is 8.92 Å². The molecule has 0 fully saturated rings. The van der Waals surface area contributed by atoms with Crippen LogP contribution < -0.4 is 8.92 Å². The van der Waals surface area contributed by atoms with Crippen molar-refractivity contribution < 1.29 is 40.0 Å². The Morgan fingerprint density at radius 2 is 1.71 bits per heavy atom. The van der Waals surface area contributed by atoms with Crippen LogP contribution in [0.2, 0.25) is 0 Å². The quantitative estimate of drug-likeness (QED) is 0.464. The minimum absolute atomic E-state index is 0.0313. The number of rotatable bonds is 5. The molecule has 0 atom stereocenters. The summed E-state index contributed by atoms with van der Waals surface area (Å²) in [4.78, 5) is 11.1. The molecule has 0 radical (unpaired) electrons. The zero-order valence-electron chi connectivity index (χ0n) is 10.9. The standard InChI is InChI=1S/C11H11F3O6S/c1-18-8-3-7(5-10(15)19-2)4-9(6-8)20-21(16,17)11(12,13)14/h3-4,6H,5H2,1-2H3. The molecule has 0 spiro atoms. The van der Waals surface area contributed by atoms with Crippen LogP contribution in [0.5, 0.6) is 11.5 Å². The van der Waals surface area contributed by atoms with Gasteiger partial charge in [-0.25, -0.2) is 0 Å². The van der Waals surface area contributed by atoms with Crippen LogP contribution in [0.1, 0.15) is 5.56 Å². The van der Waals surface area contributed by atoms with Crippen molar-refractivity contribution in [3.63, 3.8) is 0 Å². The highest BCUT2D eigenvalue weighted by molar-refractivity contribution is 7.88. The molecule has 0 unspecified atom stereocenters. The Bertz CT molecular complexity index is 623. The molecule has 10 heteroatoms. The molecule has 6 nitrogen and oxygen atoms in total. The number of benzene rings is 1. The summed E-state index contributed by atoms with van der Waals surface area (Å²) >= 11 is 0. The first-order valence-electron chi connectivity index (χ1n) is 5.34.